The molecule has 0 aliphatic carbocycles. The van der Waals surface area contributed by atoms with Crippen LogP contribution in [0.4, 0.5) is 0 Å². The second kappa shape index (κ2) is 6.71. The van der Waals surface area contributed by atoms with Crippen LogP contribution in [0.15, 0.2) is 34.4 Å². The van der Waals surface area contributed by atoms with Crippen molar-refractivity contribution < 1.29 is 0 Å². The minimum Gasteiger partial charge on any atom is -0.310 e. The summed E-state index contributed by atoms with van der Waals surface area (Å²) in [6.07, 6.45) is 0.800. The lowest BCUT2D eigenvalue weighted by Crippen LogP contribution is -2.35. The number of aromatic nitrogens is 3. The quantitative estimate of drug-likeness (QED) is 0.765. The first kappa shape index (κ1) is 16.4. The number of aromatic amines is 1. The van der Waals surface area contributed by atoms with Crippen LogP contribution in [-0.2, 0) is 19.5 Å². The van der Waals surface area contributed by atoms with Crippen LogP contribution in [0.2, 0.25) is 5.02 Å². The Morgan fingerprint density at radius 2 is 2.08 bits per heavy atom. The van der Waals surface area contributed by atoms with E-state index in [0.717, 1.165) is 52.1 Å². The van der Waals surface area contributed by atoms with Crippen molar-refractivity contribution in [3.05, 3.63) is 67.8 Å². The summed E-state index contributed by atoms with van der Waals surface area (Å²) >= 11 is 7.57. The average molecular weight is 373 g/mol. The van der Waals surface area contributed by atoms with Gasteiger partial charge in [0.05, 0.1) is 17.0 Å². The lowest BCUT2D eigenvalue weighted by atomic mass is 10.1. The molecule has 3 aromatic rings. The Bertz CT molecular complexity index is 964. The van der Waals surface area contributed by atoms with E-state index in [1.165, 1.54) is 0 Å². The van der Waals surface area contributed by atoms with Crippen molar-refractivity contribution in [2.75, 3.05) is 6.54 Å². The molecule has 0 fully saturated rings. The van der Waals surface area contributed by atoms with Gasteiger partial charge < -0.3 is 4.98 Å². The van der Waals surface area contributed by atoms with Gasteiger partial charge in [-0.25, -0.2) is 9.97 Å². The van der Waals surface area contributed by atoms with E-state index in [0.29, 0.717) is 12.4 Å². The molecule has 0 bridgehead atoms. The number of halogens is 1. The summed E-state index contributed by atoms with van der Waals surface area (Å²) in [5, 5.41) is 3.79. The van der Waals surface area contributed by atoms with Crippen LogP contribution < -0.4 is 5.56 Å². The molecule has 25 heavy (non-hydrogen) atoms. The third kappa shape index (κ3) is 3.51. The van der Waals surface area contributed by atoms with E-state index in [4.69, 9.17) is 16.6 Å². The Hall–Kier alpha value is -2.02. The van der Waals surface area contributed by atoms with Crippen LogP contribution in [0.3, 0.4) is 0 Å². The summed E-state index contributed by atoms with van der Waals surface area (Å²) in [4.78, 5) is 26.4. The van der Waals surface area contributed by atoms with E-state index in [9.17, 15) is 4.79 Å². The second-order valence-corrected chi connectivity index (χ2v) is 7.48. The number of H-pyrrole nitrogens is 1. The molecular formula is C18H17ClN4OS. The highest BCUT2D eigenvalue weighted by molar-refractivity contribution is 7.13. The molecule has 0 unspecified atom stereocenters. The van der Waals surface area contributed by atoms with Gasteiger partial charge in [0.1, 0.15) is 10.8 Å². The minimum absolute atomic E-state index is 0.0210. The fourth-order valence-electron chi connectivity index (χ4n) is 3.07. The Morgan fingerprint density at radius 1 is 1.28 bits per heavy atom. The third-order valence-corrected chi connectivity index (χ3v) is 5.49. The zero-order valence-corrected chi connectivity index (χ0v) is 15.3. The molecule has 7 heteroatoms. The maximum atomic E-state index is 12.2. The number of benzene rings is 1. The van der Waals surface area contributed by atoms with Gasteiger partial charge in [-0.3, -0.25) is 9.69 Å². The van der Waals surface area contributed by atoms with Crippen LogP contribution >= 0.6 is 22.9 Å². The lowest BCUT2D eigenvalue weighted by molar-refractivity contribution is 0.239. The Balaban J connectivity index is 1.50. The Labute approximate surface area is 154 Å². The summed E-state index contributed by atoms with van der Waals surface area (Å²) < 4.78 is 0. The van der Waals surface area contributed by atoms with Crippen LogP contribution in [0.25, 0.3) is 10.6 Å². The molecule has 1 aromatic carbocycles. The fourth-order valence-corrected chi connectivity index (χ4v) is 4.02. The van der Waals surface area contributed by atoms with Gasteiger partial charge in [-0.2, -0.15) is 0 Å². The maximum Gasteiger partial charge on any atom is 0.255 e. The zero-order chi connectivity index (χ0) is 17.4. The van der Waals surface area contributed by atoms with Crippen molar-refractivity contribution in [2.45, 2.75) is 26.4 Å². The number of aryl methyl sites for hydroxylation is 1. The molecule has 1 aliphatic rings. The van der Waals surface area contributed by atoms with Crippen molar-refractivity contribution in [3.8, 4) is 10.6 Å². The van der Waals surface area contributed by atoms with E-state index >= 15 is 0 Å². The van der Waals surface area contributed by atoms with E-state index in [2.05, 4.69) is 20.2 Å². The predicted molar refractivity (Wildman–Crippen MR) is 100.0 cm³/mol. The van der Waals surface area contributed by atoms with Gasteiger partial charge in [0.15, 0.2) is 0 Å². The van der Waals surface area contributed by atoms with Gasteiger partial charge >= 0.3 is 0 Å². The molecule has 1 N–H and O–H groups in total. The number of nitrogens with zero attached hydrogens (tertiary/aromatic N) is 3. The van der Waals surface area contributed by atoms with Crippen LogP contribution in [0.5, 0.6) is 0 Å². The van der Waals surface area contributed by atoms with Crippen molar-refractivity contribution in [3.63, 3.8) is 0 Å². The van der Waals surface area contributed by atoms with Crippen LogP contribution in [-0.4, -0.2) is 26.4 Å². The highest BCUT2D eigenvalue weighted by Crippen LogP contribution is 2.26. The summed E-state index contributed by atoms with van der Waals surface area (Å²) in [7, 11) is 0. The summed E-state index contributed by atoms with van der Waals surface area (Å²) in [6, 6.07) is 7.72. The van der Waals surface area contributed by atoms with Gasteiger partial charge in [-0.05, 0) is 19.1 Å². The fraction of sp³-hybridized carbons (Fsp3) is 0.278. The van der Waals surface area contributed by atoms with E-state index in [1.54, 1.807) is 11.3 Å². The van der Waals surface area contributed by atoms with Crippen LogP contribution in [0.1, 0.15) is 22.8 Å². The van der Waals surface area contributed by atoms with Crippen molar-refractivity contribution in [2.24, 2.45) is 0 Å². The first-order valence-corrected chi connectivity index (χ1v) is 9.35. The monoisotopic (exact) mass is 372 g/mol. The second-order valence-electron chi connectivity index (χ2n) is 6.19. The molecule has 0 spiro atoms. The topological polar surface area (TPSA) is 61.9 Å². The molecular weight excluding hydrogens is 356 g/mol. The number of thiazole rings is 1. The van der Waals surface area contributed by atoms with E-state index in [1.807, 2.05) is 31.2 Å². The Kier molecular flexibility index (Phi) is 4.41. The molecule has 128 valence electrons. The SMILES string of the molecule is Cc1nc2c(c(=O)[nH]1)CN(Cc1csc(-c3ccc(Cl)cc3)n1)CC2. The predicted octanol–water partition coefficient (Wildman–Crippen LogP) is 3.41. The third-order valence-electron chi connectivity index (χ3n) is 4.29. The van der Waals surface area contributed by atoms with E-state index < -0.39 is 0 Å². The molecule has 2 aromatic heterocycles. The summed E-state index contributed by atoms with van der Waals surface area (Å²) in [5.74, 6) is 0.685. The van der Waals surface area contributed by atoms with Gasteiger partial charge in [0.2, 0.25) is 0 Å². The van der Waals surface area contributed by atoms with Gasteiger partial charge in [-0.15, -0.1) is 11.3 Å². The van der Waals surface area contributed by atoms with Crippen molar-refractivity contribution in [1.29, 1.82) is 0 Å². The molecule has 4 rings (SSSR count). The number of hydrogen-bond acceptors (Lipinski definition) is 5. The Morgan fingerprint density at radius 3 is 2.88 bits per heavy atom. The van der Waals surface area contributed by atoms with E-state index in [-0.39, 0.29) is 5.56 Å². The largest absolute Gasteiger partial charge is 0.310 e. The highest BCUT2D eigenvalue weighted by Gasteiger charge is 2.21. The summed E-state index contributed by atoms with van der Waals surface area (Å²) in [5.41, 5.74) is 3.78. The maximum absolute atomic E-state index is 12.2. The van der Waals surface area contributed by atoms with Crippen LogP contribution in [0, 0.1) is 6.92 Å². The van der Waals surface area contributed by atoms with Crippen molar-refractivity contribution in [1.82, 2.24) is 19.9 Å². The molecule has 0 amide bonds. The highest BCUT2D eigenvalue weighted by atomic mass is 35.5. The van der Waals surface area contributed by atoms with Crippen molar-refractivity contribution >= 4 is 22.9 Å². The summed E-state index contributed by atoms with van der Waals surface area (Å²) in [6.45, 7) is 4.06. The average Bonchev–Trinajstić information content (AvgIpc) is 3.04. The number of hydrogen-bond donors (Lipinski definition) is 1. The molecule has 0 atom stereocenters. The number of rotatable bonds is 3. The molecule has 1 aliphatic heterocycles. The first-order valence-electron chi connectivity index (χ1n) is 8.10. The first-order chi connectivity index (χ1) is 12.1. The molecule has 0 saturated heterocycles. The normalized spacial score (nSPS) is 14.5. The number of nitrogens with one attached hydrogen (secondary N) is 1. The van der Waals surface area contributed by atoms with Gasteiger partial charge in [-0.1, -0.05) is 23.7 Å². The lowest BCUT2D eigenvalue weighted by Gasteiger charge is -2.26. The van der Waals surface area contributed by atoms with Gasteiger partial charge in [0.25, 0.3) is 5.56 Å². The molecule has 0 radical (unpaired) electrons. The molecule has 3 heterocycles. The van der Waals surface area contributed by atoms with Gasteiger partial charge in [0, 0.05) is 42.0 Å². The zero-order valence-electron chi connectivity index (χ0n) is 13.8. The smallest absolute Gasteiger partial charge is 0.255 e. The molecule has 0 saturated carbocycles. The minimum atomic E-state index is -0.0210. The standard InChI is InChI=1S/C18H17ClN4OS/c1-11-20-16-6-7-23(9-15(16)17(24)21-11)8-14-10-25-18(22-14)12-2-4-13(19)5-3-12/h2-5,10H,6-9H2,1H3,(H,20,21,24). The molecule has 5 nitrogen and oxygen atoms in total. The number of fused-ring (bicyclic) bond motifs is 1.